The number of hydrogen-bond donors (Lipinski definition) is 1. The van der Waals surface area contributed by atoms with Crippen LogP contribution in [0.4, 0.5) is 14.5 Å². The Balaban J connectivity index is 2.05. The first-order valence-electron chi connectivity index (χ1n) is 5.05. The zero-order chi connectivity index (χ0) is 10.7. The summed E-state index contributed by atoms with van der Waals surface area (Å²) >= 11 is 0. The van der Waals surface area contributed by atoms with Crippen LogP contribution in [0.2, 0.25) is 0 Å². The molecule has 2 rings (SSSR count). The Morgan fingerprint density at radius 3 is 2.67 bits per heavy atom. The van der Waals surface area contributed by atoms with Gasteiger partial charge in [-0.3, -0.25) is 0 Å². The molecule has 1 fully saturated rings. The second kappa shape index (κ2) is 4.57. The van der Waals surface area contributed by atoms with Crippen molar-refractivity contribution in [2.24, 2.45) is 0 Å². The second-order valence-electron chi connectivity index (χ2n) is 3.66. The summed E-state index contributed by atoms with van der Waals surface area (Å²) in [4.78, 5) is 0. The van der Waals surface area contributed by atoms with Crippen LogP contribution in [0.25, 0.3) is 0 Å². The van der Waals surface area contributed by atoms with Crippen molar-refractivity contribution in [3.63, 3.8) is 0 Å². The molecule has 0 saturated carbocycles. The van der Waals surface area contributed by atoms with Crippen molar-refractivity contribution in [1.82, 2.24) is 0 Å². The molecule has 1 aromatic rings. The lowest BCUT2D eigenvalue weighted by Crippen LogP contribution is -2.28. The average molecular weight is 213 g/mol. The lowest BCUT2D eigenvalue weighted by molar-refractivity contribution is 0.0904. The summed E-state index contributed by atoms with van der Waals surface area (Å²) in [7, 11) is 0. The van der Waals surface area contributed by atoms with Crippen molar-refractivity contribution in [3.05, 3.63) is 29.8 Å². The van der Waals surface area contributed by atoms with Gasteiger partial charge >= 0.3 is 0 Å². The van der Waals surface area contributed by atoms with Gasteiger partial charge in [-0.2, -0.15) is 0 Å². The maximum Gasteiger partial charge on any atom is 0.146 e. The highest BCUT2D eigenvalue weighted by molar-refractivity contribution is 5.45. The highest BCUT2D eigenvalue weighted by Gasteiger charge is 2.15. The van der Waals surface area contributed by atoms with Crippen LogP contribution in [0.15, 0.2) is 18.2 Å². The summed E-state index contributed by atoms with van der Waals surface area (Å²) in [5, 5.41) is 2.99. The predicted octanol–water partition coefficient (Wildman–Crippen LogP) is 2.56. The summed E-state index contributed by atoms with van der Waals surface area (Å²) in [6.07, 6.45) is 1.66. The summed E-state index contributed by atoms with van der Waals surface area (Å²) in [6.45, 7) is 1.35. The molecule has 0 radical (unpaired) electrons. The Labute approximate surface area is 87.2 Å². The van der Waals surface area contributed by atoms with Gasteiger partial charge < -0.3 is 10.1 Å². The molecule has 0 aromatic heterocycles. The van der Waals surface area contributed by atoms with E-state index in [1.165, 1.54) is 6.07 Å². The van der Waals surface area contributed by atoms with E-state index < -0.39 is 11.6 Å². The minimum Gasteiger partial charge on any atom is -0.381 e. The lowest BCUT2D eigenvalue weighted by atomic mass is 10.1. The van der Waals surface area contributed by atoms with Gasteiger partial charge in [-0.1, -0.05) is 0 Å². The van der Waals surface area contributed by atoms with E-state index in [2.05, 4.69) is 5.32 Å². The minimum absolute atomic E-state index is 0.176. The fourth-order valence-electron chi connectivity index (χ4n) is 1.67. The van der Waals surface area contributed by atoms with Crippen molar-refractivity contribution in [2.75, 3.05) is 18.5 Å². The molecule has 0 unspecified atom stereocenters. The molecule has 1 aliphatic heterocycles. The molecule has 1 saturated heterocycles. The van der Waals surface area contributed by atoms with Gasteiger partial charge in [-0.05, 0) is 31.0 Å². The van der Waals surface area contributed by atoms with Crippen molar-refractivity contribution in [1.29, 1.82) is 0 Å². The van der Waals surface area contributed by atoms with Gasteiger partial charge in [0.1, 0.15) is 11.6 Å². The summed E-state index contributed by atoms with van der Waals surface area (Å²) in [5.41, 5.74) is 0.238. The van der Waals surface area contributed by atoms with Gasteiger partial charge in [0.2, 0.25) is 0 Å². The number of halogens is 2. The number of nitrogens with one attached hydrogen (secondary N) is 1. The fraction of sp³-hybridized carbons (Fsp3) is 0.455. The van der Waals surface area contributed by atoms with E-state index in [0.29, 0.717) is 13.2 Å². The van der Waals surface area contributed by atoms with Gasteiger partial charge in [0, 0.05) is 19.3 Å². The van der Waals surface area contributed by atoms with Crippen LogP contribution in [0.5, 0.6) is 0 Å². The van der Waals surface area contributed by atoms with E-state index in [0.717, 1.165) is 25.0 Å². The standard InChI is InChI=1S/C11H13F2NO/c12-8-1-2-10(13)11(7-8)14-9-3-5-15-6-4-9/h1-2,7,9,14H,3-6H2. The van der Waals surface area contributed by atoms with E-state index >= 15 is 0 Å². The van der Waals surface area contributed by atoms with Crippen LogP contribution in [-0.2, 0) is 4.74 Å². The Morgan fingerprint density at radius 2 is 1.93 bits per heavy atom. The molecule has 1 N–H and O–H groups in total. The van der Waals surface area contributed by atoms with Crippen molar-refractivity contribution >= 4 is 5.69 Å². The van der Waals surface area contributed by atoms with Gasteiger partial charge in [0.25, 0.3) is 0 Å². The van der Waals surface area contributed by atoms with Crippen LogP contribution in [-0.4, -0.2) is 19.3 Å². The lowest BCUT2D eigenvalue weighted by Gasteiger charge is -2.24. The second-order valence-corrected chi connectivity index (χ2v) is 3.66. The quantitative estimate of drug-likeness (QED) is 0.815. The maximum absolute atomic E-state index is 13.3. The maximum atomic E-state index is 13.3. The zero-order valence-corrected chi connectivity index (χ0v) is 8.30. The Hall–Kier alpha value is -1.16. The van der Waals surface area contributed by atoms with E-state index in [-0.39, 0.29) is 11.7 Å². The van der Waals surface area contributed by atoms with Gasteiger partial charge in [0.05, 0.1) is 5.69 Å². The molecular formula is C11H13F2NO. The predicted molar refractivity (Wildman–Crippen MR) is 53.8 cm³/mol. The largest absolute Gasteiger partial charge is 0.381 e. The molecular weight excluding hydrogens is 200 g/mol. The molecule has 2 nitrogen and oxygen atoms in total. The molecule has 1 heterocycles. The normalized spacial score (nSPS) is 17.7. The van der Waals surface area contributed by atoms with Crippen LogP contribution in [0.1, 0.15) is 12.8 Å². The minimum atomic E-state index is -0.425. The topological polar surface area (TPSA) is 21.3 Å². The van der Waals surface area contributed by atoms with Crippen LogP contribution in [0.3, 0.4) is 0 Å². The highest BCUT2D eigenvalue weighted by atomic mass is 19.1. The molecule has 0 aliphatic carbocycles. The number of ether oxygens (including phenoxy) is 1. The summed E-state index contributed by atoms with van der Waals surface area (Å²) in [5.74, 6) is -0.839. The Kier molecular flexibility index (Phi) is 3.16. The Morgan fingerprint density at radius 1 is 1.20 bits per heavy atom. The number of rotatable bonds is 2. The van der Waals surface area contributed by atoms with E-state index in [9.17, 15) is 8.78 Å². The SMILES string of the molecule is Fc1ccc(F)c(NC2CCOCC2)c1. The first kappa shape index (κ1) is 10.4. The molecule has 1 aliphatic rings. The monoisotopic (exact) mass is 213 g/mol. The fourth-order valence-corrected chi connectivity index (χ4v) is 1.67. The van der Waals surface area contributed by atoms with Crippen LogP contribution >= 0.6 is 0 Å². The molecule has 4 heteroatoms. The third-order valence-corrected chi connectivity index (χ3v) is 2.51. The molecule has 0 amide bonds. The molecule has 82 valence electrons. The first-order chi connectivity index (χ1) is 7.25. The smallest absolute Gasteiger partial charge is 0.146 e. The van der Waals surface area contributed by atoms with E-state index in [4.69, 9.17) is 4.74 Å². The molecule has 0 atom stereocenters. The average Bonchev–Trinajstić information content (AvgIpc) is 2.25. The van der Waals surface area contributed by atoms with Crippen LogP contribution in [0, 0.1) is 11.6 Å². The molecule has 1 aromatic carbocycles. The van der Waals surface area contributed by atoms with Gasteiger partial charge in [-0.25, -0.2) is 8.78 Å². The third-order valence-electron chi connectivity index (χ3n) is 2.51. The third kappa shape index (κ3) is 2.65. The van der Waals surface area contributed by atoms with E-state index in [1.54, 1.807) is 0 Å². The van der Waals surface area contributed by atoms with Crippen molar-refractivity contribution in [2.45, 2.75) is 18.9 Å². The van der Waals surface area contributed by atoms with Crippen LogP contribution < -0.4 is 5.32 Å². The Bertz CT molecular complexity index is 337. The number of anilines is 1. The first-order valence-corrected chi connectivity index (χ1v) is 5.05. The van der Waals surface area contributed by atoms with Crippen molar-refractivity contribution in [3.8, 4) is 0 Å². The summed E-state index contributed by atoms with van der Waals surface area (Å²) < 4.78 is 31.3. The summed E-state index contributed by atoms with van der Waals surface area (Å²) in [6, 6.07) is 3.61. The molecule has 0 bridgehead atoms. The van der Waals surface area contributed by atoms with Gasteiger partial charge in [-0.15, -0.1) is 0 Å². The van der Waals surface area contributed by atoms with E-state index in [1.807, 2.05) is 0 Å². The number of hydrogen-bond acceptors (Lipinski definition) is 2. The molecule has 0 spiro atoms. The zero-order valence-electron chi connectivity index (χ0n) is 8.30. The molecule has 15 heavy (non-hydrogen) atoms. The van der Waals surface area contributed by atoms with Gasteiger partial charge in [0.15, 0.2) is 0 Å². The highest BCUT2D eigenvalue weighted by Crippen LogP contribution is 2.19. The van der Waals surface area contributed by atoms with Crippen molar-refractivity contribution < 1.29 is 13.5 Å². The number of benzene rings is 1.